The van der Waals surface area contributed by atoms with E-state index in [2.05, 4.69) is 15.3 Å². The molecule has 0 unspecified atom stereocenters. The van der Waals surface area contributed by atoms with Crippen LogP contribution >= 0.6 is 0 Å². The summed E-state index contributed by atoms with van der Waals surface area (Å²) in [6.07, 6.45) is 3.02. The Morgan fingerprint density at radius 1 is 0.951 bits per heavy atom. The van der Waals surface area contributed by atoms with Gasteiger partial charge in [-0.2, -0.15) is 0 Å². The van der Waals surface area contributed by atoms with Crippen LogP contribution in [-0.4, -0.2) is 27.6 Å². The van der Waals surface area contributed by atoms with Gasteiger partial charge >= 0.3 is 0 Å². The molecule has 10 heteroatoms. The Bertz CT molecular complexity index is 1900. The molecule has 1 amide bonds. The lowest BCUT2D eigenvalue weighted by atomic mass is 9.95. The van der Waals surface area contributed by atoms with Crippen molar-refractivity contribution in [2.45, 2.75) is 20.8 Å². The van der Waals surface area contributed by atoms with Gasteiger partial charge in [0.05, 0.1) is 18.8 Å². The lowest BCUT2D eigenvalue weighted by Crippen LogP contribution is -2.28. The Hall–Kier alpha value is -5.12. The Morgan fingerprint density at radius 3 is 2.44 bits per heavy atom. The number of fused-ring (bicyclic) bond motifs is 1. The number of ether oxygens (including phenoxy) is 2. The van der Waals surface area contributed by atoms with Gasteiger partial charge in [0.15, 0.2) is 17.3 Å². The van der Waals surface area contributed by atoms with Gasteiger partial charge in [-0.05, 0) is 56.2 Å². The Labute approximate surface area is 234 Å². The van der Waals surface area contributed by atoms with Crippen LogP contribution in [0.25, 0.3) is 22.2 Å². The minimum Gasteiger partial charge on any atom is -0.495 e. The highest BCUT2D eigenvalue weighted by atomic mass is 19.1. The number of aryl methyl sites for hydroxylation is 1. The first-order chi connectivity index (χ1) is 19.6. The molecule has 0 aliphatic rings. The number of aromatic nitrogens is 3. The van der Waals surface area contributed by atoms with Crippen LogP contribution in [0, 0.1) is 32.4 Å². The predicted octanol–water partition coefficient (Wildman–Crippen LogP) is 6.25. The number of pyridine rings is 3. The number of anilines is 1. The summed E-state index contributed by atoms with van der Waals surface area (Å²) < 4.78 is 41.5. The highest BCUT2D eigenvalue weighted by Gasteiger charge is 2.23. The van der Waals surface area contributed by atoms with Gasteiger partial charge in [0.25, 0.3) is 5.91 Å². The number of amides is 1. The topological polar surface area (TPSA) is 95.3 Å². The molecule has 0 fully saturated rings. The van der Waals surface area contributed by atoms with Crippen LogP contribution < -0.4 is 20.2 Å². The van der Waals surface area contributed by atoms with Gasteiger partial charge in [-0.25, -0.2) is 13.8 Å². The lowest BCUT2D eigenvalue weighted by Gasteiger charge is -2.19. The number of carbonyl (C=O) groups excluding carboxylic acids is 1. The first kappa shape index (κ1) is 27.4. The Morgan fingerprint density at radius 2 is 1.73 bits per heavy atom. The van der Waals surface area contributed by atoms with Crippen molar-refractivity contribution in [1.29, 1.82) is 0 Å². The van der Waals surface area contributed by atoms with Crippen molar-refractivity contribution in [2.75, 3.05) is 12.4 Å². The summed E-state index contributed by atoms with van der Waals surface area (Å²) in [4.78, 5) is 35.5. The van der Waals surface area contributed by atoms with Crippen LogP contribution in [0.4, 0.5) is 14.5 Å². The summed E-state index contributed by atoms with van der Waals surface area (Å²) >= 11 is 0. The third kappa shape index (κ3) is 5.11. The summed E-state index contributed by atoms with van der Waals surface area (Å²) in [5.41, 5.74) is 2.92. The van der Waals surface area contributed by atoms with Gasteiger partial charge in [0, 0.05) is 54.1 Å². The van der Waals surface area contributed by atoms with Crippen LogP contribution in [0.1, 0.15) is 27.3 Å². The summed E-state index contributed by atoms with van der Waals surface area (Å²) in [5, 5.41) is 2.62. The van der Waals surface area contributed by atoms with Crippen molar-refractivity contribution in [2.24, 2.45) is 7.05 Å². The molecule has 3 aromatic heterocycles. The van der Waals surface area contributed by atoms with Gasteiger partial charge in [-0.1, -0.05) is 6.07 Å². The number of nitrogens with one attached hydrogen (secondary N) is 1. The van der Waals surface area contributed by atoms with Crippen LogP contribution in [0.15, 0.2) is 65.7 Å². The fraction of sp³-hybridized carbons (Fsp3) is 0.161. The molecule has 8 nitrogen and oxygen atoms in total. The number of carbonyl (C=O) groups is 1. The molecule has 0 saturated carbocycles. The standard InChI is InChI=1S/C31H26F2N4O4/c1-16-12-19(32)6-8-22(16)27-17(2)37(4)18(3)28(30(27)38)31(39)36-20-7-9-25(23(33)13-20)41-26-10-11-34-24-14-21(40-5)15-35-29(24)26/h6-15H,1-5H3,(H,36,39). The molecular formula is C31H26F2N4O4. The molecule has 5 rings (SSSR count). The summed E-state index contributed by atoms with van der Waals surface area (Å²) in [6.45, 7) is 5.12. The zero-order chi connectivity index (χ0) is 29.4. The number of methoxy groups -OCH3 is 1. The zero-order valence-corrected chi connectivity index (χ0v) is 23.0. The molecule has 0 saturated heterocycles. The minimum atomic E-state index is -0.738. The molecule has 0 spiro atoms. The maximum absolute atomic E-state index is 15.1. The molecule has 0 atom stereocenters. The molecule has 1 N–H and O–H groups in total. The molecule has 0 bridgehead atoms. The smallest absolute Gasteiger partial charge is 0.261 e. The van der Waals surface area contributed by atoms with Crippen molar-refractivity contribution in [3.63, 3.8) is 0 Å². The zero-order valence-electron chi connectivity index (χ0n) is 23.0. The van der Waals surface area contributed by atoms with Gasteiger partial charge < -0.3 is 19.4 Å². The first-order valence-corrected chi connectivity index (χ1v) is 12.6. The second-order valence-corrected chi connectivity index (χ2v) is 9.52. The average molecular weight is 557 g/mol. The molecule has 208 valence electrons. The number of nitrogens with zero attached hydrogens (tertiary/aromatic N) is 3. The highest BCUT2D eigenvalue weighted by molar-refractivity contribution is 6.05. The lowest BCUT2D eigenvalue weighted by molar-refractivity contribution is 0.102. The number of benzene rings is 2. The first-order valence-electron chi connectivity index (χ1n) is 12.6. The fourth-order valence-corrected chi connectivity index (χ4v) is 4.69. The summed E-state index contributed by atoms with van der Waals surface area (Å²) in [7, 11) is 3.26. The quantitative estimate of drug-likeness (QED) is 0.266. The molecule has 3 heterocycles. The molecule has 0 aliphatic carbocycles. The van der Waals surface area contributed by atoms with Crippen LogP contribution in [-0.2, 0) is 7.05 Å². The summed E-state index contributed by atoms with van der Waals surface area (Å²) in [6, 6.07) is 11.3. The van der Waals surface area contributed by atoms with E-state index in [1.165, 1.54) is 49.8 Å². The highest BCUT2D eigenvalue weighted by Crippen LogP contribution is 2.32. The van der Waals surface area contributed by atoms with Crippen molar-refractivity contribution in [3.05, 3.63) is 105 Å². The van der Waals surface area contributed by atoms with E-state index in [0.717, 1.165) is 6.07 Å². The number of halogens is 2. The Balaban J connectivity index is 1.45. The number of hydrogen-bond acceptors (Lipinski definition) is 6. The largest absolute Gasteiger partial charge is 0.495 e. The monoisotopic (exact) mass is 556 g/mol. The third-order valence-corrected chi connectivity index (χ3v) is 7.03. The molecule has 0 radical (unpaired) electrons. The second kappa shape index (κ2) is 10.8. The Kier molecular flexibility index (Phi) is 7.23. The van der Waals surface area contributed by atoms with E-state index < -0.39 is 23.0 Å². The maximum atomic E-state index is 15.1. The van der Waals surface area contributed by atoms with Gasteiger partial charge in [-0.15, -0.1) is 0 Å². The molecule has 0 aliphatic heterocycles. The van der Waals surface area contributed by atoms with E-state index in [4.69, 9.17) is 9.47 Å². The van der Waals surface area contributed by atoms with E-state index in [-0.39, 0.29) is 22.7 Å². The van der Waals surface area contributed by atoms with Gasteiger partial charge in [0.2, 0.25) is 5.43 Å². The second-order valence-electron chi connectivity index (χ2n) is 9.52. The SMILES string of the molecule is COc1cnc2c(Oc3ccc(NC(=O)c4c(C)n(C)c(C)c(-c5ccc(F)cc5C)c4=O)cc3F)ccnc2c1. The van der Waals surface area contributed by atoms with Crippen LogP contribution in [0.3, 0.4) is 0 Å². The number of rotatable bonds is 6. The minimum absolute atomic E-state index is 0.0929. The van der Waals surface area contributed by atoms with E-state index in [1.807, 2.05) is 0 Å². The maximum Gasteiger partial charge on any atom is 0.261 e. The molecule has 2 aromatic carbocycles. The molecule has 5 aromatic rings. The van der Waals surface area contributed by atoms with Crippen molar-refractivity contribution >= 4 is 22.6 Å². The summed E-state index contributed by atoms with van der Waals surface area (Å²) in [5.74, 6) is -1.14. The van der Waals surface area contributed by atoms with E-state index in [1.54, 1.807) is 44.5 Å². The fourth-order valence-electron chi connectivity index (χ4n) is 4.69. The van der Waals surface area contributed by atoms with Gasteiger partial charge in [0.1, 0.15) is 22.6 Å². The van der Waals surface area contributed by atoms with Crippen molar-refractivity contribution < 1.29 is 23.0 Å². The van der Waals surface area contributed by atoms with E-state index in [0.29, 0.717) is 44.9 Å². The van der Waals surface area contributed by atoms with Crippen molar-refractivity contribution in [3.8, 4) is 28.4 Å². The third-order valence-electron chi connectivity index (χ3n) is 7.03. The van der Waals surface area contributed by atoms with Crippen molar-refractivity contribution in [1.82, 2.24) is 14.5 Å². The molecular weight excluding hydrogens is 530 g/mol. The van der Waals surface area contributed by atoms with Gasteiger partial charge in [-0.3, -0.25) is 14.6 Å². The normalized spacial score (nSPS) is 11.0. The molecule has 41 heavy (non-hydrogen) atoms. The average Bonchev–Trinajstić information content (AvgIpc) is 2.94. The predicted molar refractivity (Wildman–Crippen MR) is 152 cm³/mol. The number of hydrogen-bond donors (Lipinski definition) is 1. The van der Waals surface area contributed by atoms with Crippen LogP contribution in [0.2, 0.25) is 0 Å². The van der Waals surface area contributed by atoms with E-state index in [9.17, 15) is 14.0 Å². The van der Waals surface area contributed by atoms with Crippen LogP contribution in [0.5, 0.6) is 17.2 Å². The van der Waals surface area contributed by atoms with E-state index >= 15 is 4.39 Å².